The highest BCUT2D eigenvalue weighted by Crippen LogP contribution is 2.57. The first-order chi connectivity index (χ1) is 61.5. The van der Waals surface area contributed by atoms with Gasteiger partial charge in [-0.1, -0.05) is 307 Å². The fourth-order valence-electron chi connectivity index (χ4n) is 18.4. The largest absolute Gasteiger partial charge is 0.310 e. The van der Waals surface area contributed by atoms with Gasteiger partial charge in [-0.25, -0.2) is 0 Å². The normalized spacial score (nSPS) is 14.5. The van der Waals surface area contributed by atoms with Gasteiger partial charge in [-0.3, -0.25) is 0 Å². The highest BCUT2D eigenvalue weighted by Gasteiger charge is 2.47. The van der Waals surface area contributed by atoms with Crippen molar-refractivity contribution in [2.45, 2.75) is 105 Å². The summed E-state index contributed by atoms with van der Waals surface area (Å²) in [6.45, 7) is 26.7. The predicted molar refractivity (Wildman–Crippen MR) is 501 cm³/mol. The van der Waals surface area contributed by atoms with Crippen LogP contribution in [0.5, 0.6) is 0 Å². The molecule has 18 aromatic rings. The highest BCUT2D eigenvalue weighted by atomic mass is 15.2. The third-order valence-electron chi connectivity index (χ3n) is 24.5. The van der Waals surface area contributed by atoms with Gasteiger partial charge in [0.25, 0.3) is 6.71 Å². The Hall–Kier alpha value is -13.2. The third-order valence-corrected chi connectivity index (χ3v) is 24.5. The van der Waals surface area contributed by atoms with Crippen molar-refractivity contribution in [1.82, 2.24) is 9.13 Å². The number of hydrogen-bond acceptors (Lipinski definition) is 2. The van der Waals surface area contributed by atoms with Crippen molar-refractivity contribution in [3.8, 4) is 100 Å². The molecule has 0 aliphatic carbocycles. The summed E-state index contributed by atoms with van der Waals surface area (Å²) in [4.78, 5) is 5.04. The van der Waals surface area contributed by atoms with Crippen molar-refractivity contribution in [3.05, 3.63) is 368 Å². The molecular formula is C112H93BN4. The van der Waals surface area contributed by atoms with E-state index in [1.165, 1.54) is 5.56 Å². The van der Waals surface area contributed by atoms with Crippen LogP contribution in [0.2, 0.25) is 0 Å². The molecule has 5 heterocycles. The Kier molecular flexibility index (Phi) is 13.6. The van der Waals surface area contributed by atoms with Crippen LogP contribution >= 0.6 is 0 Å². The molecule has 564 valence electrons. The smallest absolute Gasteiger partial charge is 0.252 e. The van der Waals surface area contributed by atoms with Gasteiger partial charge in [0, 0.05) is 77.9 Å². The van der Waals surface area contributed by atoms with Crippen LogP contribution in [-0.4, -0.2) is 15.8 Å². The monoisotopic (exact) mass is 1520 g/mol. The van der Waals surface area contributed by atoms with Gasteiger partial charge in [0.1, 0.15) is 0 Å². The summed E-state index contributed by atoms with van der Waals surface area (Å²) in [7, 11) is 0. The molecule has 16 aromatic carbocycles. The molecule has 0 amide bonds. The van der Waals surface area contributed by atoms with Crippen molar-refractivity contribution >= 4 is 101 Å². The minimum Gasteiger partial charge on any atom is -0.310 e. The van der Waals surface area contributed by atoms with Crippen molar-refractivity contribution in [2.75, 3.05) is 9.80 Å². The van der Waals surface area contributed by atoms with E-state index in [1.807, 2.05) is 18.2 Å². The molecule has 0 N–H and O–H groups in total. The van der Waals surface area contributed by atoms with E-state index < -0.39 is 101 Å². The van der Waals surface area contributed by atoms with E-state index in [4.69, 9.17) is 4.11 Å². The van der Waals surface area contributed by atoms with Crippen LogP contribution in [0.25, 0.3) is 144 Å². The van der Waals surface area contributed by atoms with Gasteiger partial charge in [-0.15, -0.1) is 0 Å². The fourth-order valence-corrected chi connectivity index (χ4v) is 18.4. The van der Waals surface area contributed by atoms with Crippen LogP contribution in [0.3, 0.4) is 0 Å². The summed E-state index contributed by atoms with van der Waals surface area (Å²) in [5.41, 5.74) is 27.6. The summed E-state index contributed by atoms with van der Waals surface area (Å²) in [6.07, 6.45) is 0. The van der Waals surface area contributed by atoms with E-state index in [2.05, 4.69) is 352 Å². The van der Waals surface area contributed by atoms with Gasteiger partial charge in [-0.05, 0) is 248 Å². The molecule has 0 unspecified atom stereocenters. The Morgan fingerprint density at radius 2 is 0.684 bits per heavy atom. The minimum absolute atomic E-state index is 0.0626. The number of nitrogens with zero attached hydrogens (tertiary/aromatic N) is 4. The van der Waals surface area contributed by atoms with E-state index in [0.717, 1.165) is 167 Å². The lowest BCUT2D eigenvalue weighted by Crippen LogP contribution is -2.61. The number of fused-ring (bicyclic) bond motifs is 23. The summed E-state index contributed by atoms with van der Waals surface area (Å²) < 4.78 is 119. The number of hydrogen-bond donors (Lipinski definition) is 0. The molecule has 13 bridgehead atoms. The number of benzene rings is 16. The zero-order valence-corrected chi connectivity index (χ0v) is 67.8. The molecule has 0 spiro atoms. The van der Waals surface area contributed by atoms with E-state index in [1.54, 1.807) is 4.57 Å². The van der Waals surface area contributed by atoms with Crippen molar-refractivity contribution in [1.29, 1.82) is 0 Å². The quantitative estimate of drug-likeness (QED) is 0.154. The van der Waals surface area contributed by atoms with E-state index >= 15 is 0 Å². The molecular weight excluding hydrogens is 1410 g/mol. The SMILES string of the molecule is [2H]c1c([2H])c([2H])c(-c2c([2H])c([2H])c3c(c2[2H])c2c([2H])c([2H])c([2H])c([2H])c2n3-c2ccc3c(c2)N2c4cc(C(C)(C)C)cc5c4B3c3cc(-c4ccccc4)ccc3N5c3c(-c4ccccc4)cc(C(C)(C)C)cc3-c3cccc(c3)-c3ccc4c(c3)c3cc(ccc3n4-c3ccc(C(C)(C)C)cc3)-c3cccc(c3)-c3cc(C(C)(C)C)cc(-c4ccccc4)c32)c([2H])c1[2H]. The van der Waals surface area contributed by atoms with Gasteiger partial charge in [0.2, 0.25) is 0 Å². The van der Waals surface area contributed by atoms with Crippen LogP contribution in [0, 0.1) is 0 Å². The van der Waals surface area contributed by atoms with E-state index in [-0.39, 0.29) is 32.6 Å². The van der Waals surface area contributed by atoms with E-state index in [9.17, 15) is 12.3 Å². The van der Waals surface area contributed by atoms with Crippen LogP contribution in [0.1, 0.15) is 122 Å². The summed E-state index contributed by atoms with van der Waals surface area (Å²) in [5, 5.41) is 1.91. The molecule has 21 rings (SSSR count). The molecule has 3 aliphatic rings. The summed E-state index contributed by atoms with van der Waals surface area (Å²) >= 11 is 0. The van der Waals surface area contributed by atoms with Gasteiger partial charge >= 0.3 is 0 Å². The number of para-hydroxylation sites is 1. The molecule has 2 aromatic heterocycles. The maximum absolute atomic E-state index is 10.5. The van der Waals surface area contributed by atoms with Crippen molar-refractivity contribution in [2.24, 2.45) is 0 Å². The summed E-state index contributed by atoms with van der Waals surface area (Å²) in [5.74, 6) is 0. The first-order valence-electron chi connectivity index (χ1n) is 46.7. The maximum atomic E-state index is 10.5. The molecule has 4 nitrogen and oxygen atoms in total. The zero-order valence-electron chi connectivity index (χ0n) is 79.8. The van der Waals surface area contributed by atoms with Crippen LogP contribution in [-0.2, 0) is 21.7 Å². The number of anilines is 6. The number of aromatic nitrogens is 2. The average Bonchev–Trinajstić information content (AvgIpc) is 1.49. The lowest BCUT2D eigenvalue weighted by molar-refractivity contribution is 0.590. The molecule has 0 saturated carbocycles. The molecule has 0 radical (unpaired) electrons. The topological polar surface area (TPSA) is 16.3 Å². The predicted octanol–water partition coefficient (Wildman–Crippen LogP) is 28.8. The Labute approximate surface area is 705 Å². The third kappa shape index (κ3) is 11.9. The lowest BCUT2D eigenvalue weighted by atomic mass is 9.33. The molecule has 5 heteroatoms. The maximum Gasteiger partial charge on any atom is 0.252 e. The average molecular weight is 1520 g/mol. The van der Waals surface area contributed by atoms with Crippen LogP contribution in [0.4, 0.5) is 34.1 Å². The van der Waals surface area contributed by atoms with Crippen molar-refractivity contribution < 1.29 is 16.4 Å². The van der Waals surface area contributed by atoms with Gasteiger partial charge in [0.15, 0.2) is 0 Å². The second kappa shape index (κ2) is 26.7. The zero-order chi connectivity index (χ0) is 90.2. The van der Waals surface area contributed by atoms with Gasteiger partial charge in [-0.2, -0.15) is 0 Å². The van der Waals surface area contributed by atoms with Crippen molar-refractivity contribution in [3.63, 3.8) is 0 Å². The molecule has 0 atom stereocenters. The minimum atomic E-state index is -0.701. The first kappa shape index (κ1) is 59.5. The van der Waals surface area contributed by atoms with Crippen LogP contribution in [0.15, 0.2) is 345 Å². The Morgan fingerprint density at radius 3 is 1.23 bits per heavy atom. The first-order valence-corrected chi connectivity index (χ1v) is 40.7. The molecule has 117 heavy (non-hydrogen) atoms. The Balaban J connectivity index is 0.967. The van der Waals surface area contributed by atoms with Crippen LogP contribution < -0.4 is 26.2 Å². The fraction of sp³-hybridized carbons (Fsp3) is 0.143. The summed E-state index contributed by atoms with van der Waals surface area (Å²) in [6, 6.07) is 93.2. The molecule has 0 fully saturated rings. The molecule has 3 aliphatic heterocycles. The molecule has 0 saturated heterocycles. The second-order valence-electron chi connectivity index (χ2n) is 36.0. The van der Waals surface area contributed by atoms with E-state index in [0.29, 0.717) is 11.4 Å². The standard InChI is InChI=1S/C112H93BN4/c1-109(2,3)82-47-49-86(50-48-82)114-100-54-44-77-60-94(100)95-61-78(45-55-101(95)114)75-38-28-40-81(58-75)92-66-84(111(7,8)9)64-90(73-35-23-16-24-36-73)108(92)117-103-69-87(115-98-42-26-25-41-88(98)93-59-76(43-53-99(93)115)70-29-17-13-18-30-70)51-52-96(103)113-97-62-79(71-31-19-14-20-32-71)46-56-102(97)116(104-67-85(112(10,11)12)68-105(117)106(104)113)107-89(72-33-21-15-22-34-72)63-83(110(4,5)6)65-91(107)80-39-27-37-74(77)57-80/h13-69H,1-12H3/i13D,17D,18D,25D,26D,29D,30D,41D,42D,43D,53D,59D. The number of rotatable bonds is 6. The highest BCUT2D eigenvalue weighted by molar-refractivity contribution is 7.00. The van der Waals surface area contributed by atoms with Gasteiger partial charge in [0.05, 0.1) is 49.9 Å². The Morgan fingerprint density at radius 1 is 0.248 bits per heavy atom. The Bertz CT molecular complexity index is 7830. The van der Waals surface area contributed by atoms with Gasteiger partial charge < -0.3 is 18.9 Å². The lowest BCUT2D eigenvalue weighted by Gasteiger charge is -2.47. The second-order valence-corrected chi connectivity index (χ2v) is 36.0.